The number of imide groups is 4. The molecule has 4 saturated heterocycles. The van der Waals surface area contributed by atoms with Gasteiger partial charge in [-0.3, -0.25) is 48.2 Å². The Balaban J connectivity index is 0.648. The molecule has 0 N–H and O–H groups in total. The maximum Gasteiger partial charge on any atom is 0.266 e. The minimum Gasteiger partial charge on any atom is -0.493 e. The number of para-hydroxylation sites is 2. The van der Waals surface area contributed by atoms with Gasteiger partial charge in [0.2, 0.25) is 0 Å². The predicted molar refractivity (Wildman–Crippen MR) is 538 cm³/mol. The summed E-state index contributed by atoms with van der Waals surface area (Å²) in [5.74, 6) is -0.231. The molecule has 0 atom stereocenters. The van der Waals surface area contributed by atoms with Gasteiger partial charge < -0.3 is 38.5 Å². The monoisotopic (exact) mass is 1810 g/mol. The molecule has 8 aliphatic heterocycles. The summed E-state index contributed by atoms with van der Waals surface area (Å²) in [7, 11) is 0. The molecule has 8 heterocycles. The number of rotatable bonds is 20. The maximum atomic E-state index is 16.9. The number of carbonyl (C=O) groups excluding carboxylic acids is 8. The minimum absolute atomic E-state index is 0.168. The number of amides is 8. The standard InChI is InChI=1S/C116H112N8O12/c1-5-49-133-105-65-25-23-26-66(105)54-70-58-76(124-112(128)84-40-36-80-98-90(118-43-17-18-44-118)62-86-94-82(110(126)122(114(86)130)74-31-13-10-14-32-74)38-34-78(102(94)98)100-92(120-47-21-22-48-120)64-88(116(124)132)96(84)104(80)100)60-72(108(70)136-52-8-4)56-68-28-24-27-67(106(68)134-50-6-2)55-71-59-75(57-69(53-65)107(71)135-51-7-3)123-111(127)83-39-35-79-97-89(117-41-15-16-42-117)61-85-93-81(109(125)121(113(85)129)73-29-11-9-12-30-73)37-33-77(101(93)97)99-91(119-45-19-20-46-119)63-87(115(123)131)95(83)103(79)99/h23-28,33-40,57-64,73-74H,5-22,29-32,41-56H2,1-4H3. The van der Waals surface area contributed by atoms with Crippen molar-refractivity contribution in [2.75, 3.05) is 108 Å². The summed E-state index contributed by atoms with van der Waals surface area (Å²) >= 11 is 0. The quantitative estimate of drug-likeness (QED) is 0.0396. The van der Waals surface area contributed by atoms with E-state index in [1.807, 2.05) is 72.8 Å². The first kappa shape index (κ1) is 84.4. The molecule has 8 bridgehead atoms. The van der Waals surface area contributed by atoms with Crippen molar-refractivity contribution in [3.63, 3.8) is 0 Å². The molecule has 2 saturated carbocycles. The van der Waals surface area contributed by atoms with Crippen LogP contribution in [-0.2, 0) is 25.7 Å². The number of hydrogen-bond donors (Lipinski definition) is 0. The summed E-state index contributed by atoms with van der Waals surface area (Å²) in [6.45, 7) is 16.0. The van der Waals surface area contributed by atoms with E-state index in [2.05, 4.69) is 108 Å². The Morgan fingerprint density at radius 2 is 0.478 bits per heavy atom. The van der Waals surface area contributed by atoms with Gasteiger partial charge in [0, 0.05) is 222 Å². The van der Waals surface area contributed by atoms with Gasteiger partial charge in [0.25, 0.3) is 47.3 Å². The topological polar surface area (TPSA) is 199 Å². The van der Waals surface area contributed by atoms with E-state index in [9.17, 15) is 0 Å². The third kappa shape index (κ3) is 12.8. The number of anilines is 6. The van der Waals surface area contributed by atoms with Gasteiger partial charge in [-0.2, -0.15) is 0 Å². The Morgan fingerprint density at radius 3 is 0.743 bits per heavy atom. The van der Waals surface area contributed by atoms with E-state index in [-0.39, 0.29) is 61.4 Å². The number of fused-ring (bicyclic) bond motifs is 12. The molecule has 25 rings (SSSR count). The second-order valence-electron chi connectivity index (χ2n) is 40.2. The van der Waals surface area contributed by atoms with Crippen LogP contribution in [0.3, 0.4) is 0 Å². The lowest BCUT2D eigenvalue weighted by atomic mass is 9.80. The first-order valence-corrected chi connectivity index (χ1v) is 50.8. The summed E-state index contributed by atoms with van der Waals surface area (Å²) in [5.41, 5.74) is 14.4. The van der Waals surface area contributed by atoms with Crippen molar-refractivity contribution in [3.05, 3.63) is 222 Å². The molecule has 20 heteroatoms. The highest BCUT2D eigenvalue weighted by atomic mass is 16.5. The molecule has 688 valence electrons. The number of ether oxygens (including phenoxy) is 4. The molecule has 0 unspecified atom stereocenters. The van der Waals surface area contributed by atoms with E-state index in [0.717, 1.165) is 300 Å². The average Bonchev–Trinajstić information content (AvgIpc) is 0.875. The van der Waals surface area contributed by atoms with E-state index < -0.39 is 23.6 Å². The van der Waals surface area contributed by atoms with Crippen LogP contribution in [0.1, 0.15) is 296 Å². The fourth-order valence-electron chi connectivity index (χ4n) is 26.0. The fourth-order valence-corrected chi connectivity index (χ4v) is 26.0. The number of hydrogen-bond acceptors (Lipinski definition) is 16. The van der Waals surface area contributed by atoms with Gasteiger partial charge in [0.05, 0.1) is 60.1 Å². The highest BCUT2D eigenvalue weighted by Gasteiger charge is 2.47. The predicted octanol–water partition coefficient (Wildman–Crippen LogP) is 23.5. The Hall–Kier alpha value is -13.4. The molecule has 11 aliphatic rings. The van der Waals surface area contributed by atoms with Crippen LogP contribution in [0.25, 0.3) is 86.2 Å². The number of benzene rings is 14. The molecule has 14 aromatic rings. The van der Waals surface area contributed by atoms with E-state index in [1.54, 1.807) is 9.80 Å². The number of nitrogens with zero attached hydrogens (tertiary/aromatic N) is 8. The van der Waals surface area contributed by atoms with Gasteiger partial charge in [-0.05, 0) is 219 Å². The Bertz CT molecular complexity index is 6990. The fraction of sp³-hybridized carbons (Fsp3) is 0.379. The Kier molecular flexibility index (Phi) is 20.7. The highest BCUT2D eigenvalue weighted by molar-refractivity contribution is 6.49. The Labute approximate surface area is 790 Å². The van der Waals surface area contributed by atoms with Crippen LogP contribution in [-0.4, -0.2) is 148 Å². The highest BCUT2D eigenvalue weighted by Crippen LogP contribution is 2.58. The van der Waals surface area contributed by atoms with Gasteiger partial charge in [-0.15, -0.1) is 0 Å². The van der Waals surface area contributed by atoms with Gasteiger partial charge in [0.15, 0.2) is 0 Å². The minimum atomic E-state index is -0.464. The third-order valence-corrected chi connectivity index (χ3v) is 32.0. The van der Waals surface area contributed by atoms with Gasteiger partial charge in [0.1, 0.15) is 23.0 Å². The van der Waals surface area contributed by atoms with Gasteiger partial charge in [-0.25, -0.2) is 9.80 Å². The molecular formula is C116H112N8O12. The smallest absolute Gasteiger partial charge is 0.266 e. The van der Waals surface area contributed by atoms with Crippen molar-refractivity contribution < 1.29 is 57.3 Å². The molecular weight excluding hydrogens is 1700 g/mol. The second-order valence-corrected chi connectivity index (χ2v) is 40.2. The van der Waals surface area contributed by atoms with Crippen molar-refractivity contribution >= 4 is 168 Å². The molecule has 14 aromatic carbocycles. The van der Waals surface area contributed by atoms with E-state index in [0.29, 0.717) is 153 Å². The third-order valence-electron chi connectivity index (χ3n) is 32.0. The summed E-state index contributed by atoms with van der Waals surface area (Å²) in [4.78, 5) is 144. The van der Waals surface area contributed by atoms with E-state index in [1.165, 1.54) is 9.80 Å². The van der Waals surface area contributed by atoms with Gasteiger partial charge >= 0.3 is 0 Å². The lowest BCUT2D eigenvalue weighted by Crippen LogP contribution is -2.47. The van der Waals surface area contributed by atoms with Crippen LogP contribution in [0.5, 0.6) is 23.0 Å². The SMILES string of the molecule is CCCOc1c2cccc1Cc1cc(N3C(=O)c4ccc5c6c(N7CCCC7)cc7c8c(ccc(c9c(N%10CCCC%10)cc(c4c59)C3=O)c86)C(=O)N(C3CCCCC3)C7=O)cc(c1OCCC)Cc1cccc(c1OCCC)Cc1cc(N3C(=O)c4ccc5c6c(N7CCCC7)cc7c8c(ccc(c9c(N%10CCCC%10)cc(c4c59)C3=O)c86)C(=O)N(C3CCCCC3)C7=O)cc(c1OCCC)C2. The zero-order valence-corrected chi connectivity index (χ0v) is 78.2. The van der Waals surface area contributed by atoms with Crippen LogP contribution >= 0.6 is 0 Å². The molecule has 3 aliphatic carbocycles. The lowest BCUT2D eigenvalue weighted by Gasteiger charge is -2.37. The first-order chi connectivity index (χ1) is 66.7. The van der Waals surface area contributed by atoms with E-state index >= 15 is 38.4 Å². The van der Waals surface area contributed by atoms with Crippen molar-refractivity contribution in [1.82, 2.24) is 9.80 Å². The van der Waals surface area contributed by atoms with Crippen molar-refractivity contribution in [3.8, 4) is 23.0 Å². The second kappa shape index (κ2) is 33.3. The lowest BCUT2D eigenvalue weighted by molar-refractivity contribution is 0.0487. The average molecular weight is 1810 g/mol. The van der Waals surface area contributed by atoms with Crippen molar-refractivity contribution in [2.45, 2.75) is 207 Å². The van der Waals surface area contributed by atoms with Crippen LogP contribution in [0.4, 0.5) is 34.1 Å². The normalized spacial score (nSPS) is 18.3. The summed E-state index contributed by atoms with van der Waals surface area (Å²) in [5, 5.41) is 13.1. The Morgan fingerprint density at radius 1 is 0.243 bits per heavy atom. The summed E-state index contributed by atoms with van der Waals surface area (Å²) in [6.07, 6.45) is 20.6. The molecule has 0 aromatic heterocycles. The molecule has 20 nitrogen and oxygen atoms in total. The molecule has 6 fully saturated rings. The zero-order chi connectivity index (χ0) is 91.9. The largest absolute Gasteiger partial charge is 0.493 e. The molecule has 8 amide bonds. The summed E-state index contributed by atoms with van der Waals surface area (Å²) < 4.78 is 28.7. The van der Waals surface area contributed by atoms with Crippen LogP contribution in [0, 0.1) is 0 Å². The van der Waals surface area contributed by atoms with Crippen molar-refractivity contribution in [1.29, 1.82) is 0 Å². The summed E-state index contributed by atoms with van der Waals surface area (Å²) in [6, 6.07) is 44.3. The molecule has 136 heavy (non-hydrogen) atoms. The van der Waals surface area contributed by atoms with E-state index in [4.69, 9.17) is 18.9 Å². The van der Waals surface area contributed by atoms with Crippen molar-refractivity contribution in [2.24, 2.45) is 0 Å². The van der Waals surface area contributed by atoms with Crippen LogP contribution in [0.2, 0.25) is 0 Å². The molecule has 0 spiro atoms. The molecule has 0 radical (unpaired) electrons. The zero-order valence-electron chi connectivity index (χ0n) is 78.2. The van der Waals surface area contributed by atoms with Crippen LogP contribution < -0.4 is 48.3 Å². The van der Waals surface area contributed by atoms with Crippen LogP contribution in [0.15, 0.2) is 133 Å². The first-order valence-electron chi connectivity index (χ1n) is 50.8. The maximum absolute atomic E-state index is 16.9. The van der Waals surface area contributed by atoms with Gasteiger partial charge in [-0.1, -0.05) is 127 Å². The number of carbonyl (C=O) groups is 8.